The Morgan fingerprint density at radius 2 is 2.37 bits per heavy atom. The molecule has 0 aliphatic carbocycles. The highest BCUT2D eigenvalue weighted by molar-refractivity contribution is 7.09. The predicted octanol–water partition coefficient (Wildman–Crippen LogP) is 1.91. The van der Waals surface area contributed by atoms with Crippen LogP contribution >= 0.6 is 11.3 Å². The van der Waals surface area contributed by atoms with Gasteiger partial charge in [0.1, 0.15) is 12.0 Å². The van der Waals surface area contributed by atoms with Crippen molar-refractivity contribution < 1.29 is 9.53 Å². The van der Waals surface area contributed by atoms with Gasteiger partial charge in [0.2, 0.25) is 5.88 Å². The monoisotopic (exact) mass is 277 g/mol. The molecule has 0 bridgehead atoms. The highest BCUT2D eigenvalue weighted by atomic mass is 32.1. The van der Waals surface area contributed by atoms with Crippen molar-refractivity contribution in [1.29, 1.82) is 0 Å². The summed E-state index contributed by atoms with van der Waals surface area (Å²) in [6.45, 7) is 2.96. The second-order valence-electron chi connectivity index (χ2n) is 3.76. The Hall–Kier alpha value is -1.95. The van der Waals surface area contributed by atoms with E-state index in [0.29, 0.717) is 24.7 Å². The number of nitrogens with zero attached hydrogens (tertiary/aromatic N) is 2. The van der Waals surface area contributed by atoms with Crippen molar-refractivity contribution in [2.75, 3.05) is 13.2 Å². The van der Waals surface area contributed by atoms with Gasteiger partial charge in [-0.3, -0.25) is 4.79 Å². The quantitative estimate of drug-likeness (QED) is 0.876. The second kappa shape index (κ2) is 6.84. The molecule has 0 fully saturated rings. The van der Waals surface area contributed by atoms with E-state index < -0.39 is 0 Å². The Morgan fingerprint density at radius 3 is 3.11 bits per heavy atom. The van der Waals surface area contributed by atoms with Crippen molar-refractivity contribution >= 4 is 17.2 Å². The molecule has 5 nitrogen and oxygen atoms in total. The van der Waals surface area contributed by atoms with Gasteiger partial charge in [-0.05, 0) is 24.8 Å². The van der Waals surface area contributed by atoms with Gasteiger partial charge in [-0.1, -0.05) is 6.07 Å². The summed E-state index contributed by atoms with van der Waals surface area (Å²) >= 11 is 1.68. The Bertz CT molecular complexity index is 528. The molecule has 0 aliphatic heterocycles. The first-order valence-electron chi connectivity index (χ1n) is 6.05. The van der Waals surface area contributed by atoms with E-state index in [1.165, 1.54) is 11.2 Å². The van der Waals surface area contributed by atoms with Crippen molar-refractivity contribution in [3.05, 3.63) is 40.5 Å². The van der Waals surface area contributed by atoms with Gasteiger partial charge in [0.05, 0.1) is 6.61 Å². The summed E-state index contributed by atoms with van der Waals surface area (Å²) in [6.07, 6.45) is 2.16. The highest BCUT2D eigenvalue weighted by Crippen LogP contribution is 2.09. The molecule has 0 aliphatic rings. The second-order valence-corrected chi connectivity index (χ2v) is 4.79. The van der Waals surface area contributed by atoms with Gasteiger partial charge in [0.25, 0.3) is 5.91 Å². The molecule has 2 heterocycles. The van der Waals surface area contributed by atoms with E-state index in [1.807, 2.05) is 18.4 Å². The van der Waals surface area contributed by atoms with E-state index in [-0.39, 0.29) is 5.91 Å². The third-order valence-corrected chi connectivity index (χ3v) is 3.34. The number of hydrogen-bond donors (Lipinski definition) is 1. The van der Waals surface area contributed by atoms with Crippen LogP contribution in [0.4, 0.5) is 0 Å². The van der Waals surface area contributed by atoms with E-state index in [2.05, 4.69) is 21.4 Å². The molecule has 2 aromatic rings. The summed E-state index contributed by atoms with van der Waals surface area (Å²) in [5.74, 6) is 0.209. The Labute approximate surface area is 115 Å². The third kappa shape index (κ3) is 4.03. The first-order chi connectivity index (χ1) is 9.29. The first-order valence-corrected chi connectivity index (χ1v) is 6.93. The largest absolute Gasteiger partial charge is 0.478 e. The SMILES string of the molecule is CCOc1cc(C(=O)NCCc2cccs2)ncn1. The molecule has 0 atom stereocenters. The van der Waals surface area contributed by atoms with Crippen LogP contribution in [-0.2, 0) is 6.42 Å². The molecular formula is C13H15N3O2S. The number of ether oxygens (including phenoxy) is 1. The highest BCUT2D eigenvalue weighted by Gasteiger charge is 2.08. The van der Waals surface area contributed by atoms with Crippen LogP contribution in [0.25, 0.3) is 0 Å². The minimum absolute atomic E-state index is 0.208. The number of nitrogens with one attached hydrogen (secondary N) is 1. The summed E-state index contributed by atoms with van der Waals surface area (Å²) in [5, 5.41) is 4.85. The molecule has 19 heavy (non-hydrogen) atoms. The minimum atomic E-state index is -0.208. The van der Waals surface area contributed by atoms with E-state index in [0.717, 1.165) is 6.42 Å². The predicted molar refractivity (Wildman–Crippen MR) is 73.6 cm³/mol. The normalized spacial score (nSPS) is 10.2. The molecule has 1 N–H and O–H groups in total. The number of amides is 1. The number of carbonyl (C=O) groups is 1. The minimum Gasteiger partial charge on any atom is -0.478 e. The van der Waals surface area contributed by atoms with Gasteiger partial charge in [0.15, 0.2) is 0 Å². The summed E-state index contributed by atoms with van der Waals surface area (Å²) < 4.78 is 5.23. The van der Waals surface area contributed by atoms with Crippen LogP contribution in [0.5, 0.6) is 5.88 Å². The molecule has 100 valence electrons. The van der Waals surface area contributed by atoms with E-state index in [1.54, 1.807) is 17.4 Å². The van der Waals surface area contributed by atoms with Crippen LogP contribution in [0.3, 0.4) is 0 Å². The Kier molecular flexibility index (Phi) is 4.85. The van der Waals surface area contributed by atoms with Crippen molar-refractivity contribution in [3.63, 3.8) is 0 Å². The molecule has 2 rings (SSSR count). The van der Waals surface area contributed by atoms with Crippen molar-refractivity contribution in [2.24, 2.45) is 0 Å². The van der Waals surface area contributed by atoms with Crippen LogP contribution in [0.1, 0.15) is 22.3 Å². The van der Waals surface area contributed by atoms with E-state index >= 15 is 0 Å². The molecule has 0 spiro atoms. The van der Waals surface area contributed by atoms with Crippen LogP contribution in [-0.4, -0.2) is 29.0 Å². The number of hydrogen-bond acceptors (Lipinski definition) is 5. The zero-order valence-corrected chi connectivity index (χ0v) is 11.4. The Morgan fingerprint density at radius 1 is 1.47 bits per heavy atom. The lowest BCUT2D eigenvalue weighted by atomic mass is 10.3. The maximum atomic E-state index is 11.9. The summed E-state index contributed by atoms with van der Waals surface area (Å²) in [5.41, 5.74) is 0.324. The molecule has 6 heteroatoms. The van der Waals surface area contributed by atoms with Gasteiger partial charge in [-0.2, -0.15) is 0 Å². The lowest BCUT2D eigenvalue weighted by molar-refractivity contribution is 0.0948. The van der Waals surface area contributed by atoms with Gasteiger partial charge < -0.3 is 10.1 Å². The van der Waals surface area contributed by atoms with Crippen LogP contribution in [0.2, 0.25) is 0 Å². The lowest BCUT2D eigenvalue weighted by Crippen LogP contribution is -2.26. The molecule has 0 saturated carbocycles. The maximum absolute atomic E-state index is 11.9. The zero-order chi connectivity index (χ0) is 13.5. The average Bonchev–Trinajstić information content (AvgIpc) is 2.92. The van der Waals surface area contributed by atoms with Crippen LogP contribution in [0, 0.1) is 0 Å². The summed E-state index contributed by atoms with van der Waals surface area (Å²) in [6, 6.07) is 5.60. The topological polar surface area (TPSA) is 64.1 Å². The van der Waals surface area contributed by atoms with Crippen molar-refractivity contribution in [1.82, 2.24) is 15.3 Å². The van der Waals surface area contributed by atoms with Crippen molar-refractivity contribution in [2.45, 2.75) is 13.3 Å². The van der Waals surface area contributed by atoms with E-state index in [4.69, 9.17) is 4.74 Å². The summed E-state index contributed by atoms with van der Waals surface area (Å²) in [4.78, 5) is 21.0. The fourth-order valence-electron chi connectivity index (χ4n) is 1.54. The maximum Gasteiger partial charge on any atom is 0.270 e. The zero-order valence-electron chi connectivity index (χ0n) is 10.6. The van der Waals surface area contributed by atoms with Crippen LogP contribution in [0.15, 0.2) is 29.9 Å². The fourth-order valence-corrected chi connectivity index (χ4v) is 2.24. The van der Waals surface area contributed by atoms with Gasteiger partial charge >= 0.3 is 0 Å². The molecule has 0 saturated heterocycles. The van der Waals surface area contributed by atoms with Gasteiger partial charge in [-0.25, -0.2) is 9.97 Å². The molecule has 0 unspecified atom stereocenters. The first kappa shape index (κ1) is 13.5. The van der Waals surface area contributed by atoms with Crippen LogP contribution < -0.4 is 10.1 Å². The fraction of sp³-hybridized carbons (Fsp3) is 0.308. The Balaban J connectivity index is 1.87. The van der Waals surface area contributed by atoms with Gasteiger partial charge in [0, 0.05) is 17.5 Å². The van der Waals surface area contributed by atoms with E-state index in [9.17, 15) is 4.79 Å². The lowest BCUT2D eigenvalue weighted by Gasteiger charge is -2.05. The smallest absolute Gasteiger partial charge is 0.270 e. The number of rotatable bonds is 6. The standard InChI is InChI=1S/C13H15N3O2S/c1-2-18-12-8-11(15-9-16-12)13(17)14-6-5-10-4-3-7-19-10/h3-4,7-9H,2,5-6H2,1H3,(H,14,17). The number of carbonyl (C=O) groups excluding carboxylic acids is 1. The molecule has 1 amide bonds. The number of aromatic nitrogens is 2. The van der Waals surface area contributed by atoms with Crippen molar-refractivity contribution in [3.8, 4) is 5.88 Å². The van der Waals surface area contributed by atoms with Gasteiger partial charge in [-0.15, -0.1) is 11.3 Å². The summed E-state index contributed by atoms with van der Waals surface area (Å²) in [7, 11) is 0. The number of thiophene rings is 1. The third-order valence-electron chi connectivity index (χ3n) is 2.40. The molecule has 0 aromatic carbocycles. The molecule has 0 radical (unpaired) electrons. The average molecular weight is 277 g/mol. The molecule has 2 aromatic heterocycles. The molecular weight excluding hydrogens is 262 g/mol.